The molecule has 94 valence electrons. The molecule has 1 aliphatic rings. The number of ether oxygens (including phenoxy) is 1. The first-order valence-electron chi connectivity index (χ1n) is 5.60. The Morgan fingerprint density at radius 3 is 2.65 bits per heavy atom. The second-order valence-corrected chi connectivity index (χ2v) is 4.33. The van der Waals surface area contributed by atoms with E-state index in [0.29, 0.717) is 5.92 Å². The highest BCUT2D eigenvalue weighted by atomic mass is 19.1. The van der Waals surface area contributed by atoms with Crippen LogP contribution in [0.5, 0.6) is 5.75 Å². The van der Waals surface area contributed by atoms with Crippen molar-refractivity contribution in [3.8, 4) is 5.75 Å². The minimum absolute atomic E-state index is 0.0819. The molecule has 2 unspecified atom stereocenters. The first kappa shape index (κ1) is 12.3. The van der Waals surface area contributed by atoms with Crippen LogP contribution in [0.1, 0.15) is 12.8 Å². The van der Waals surface area contributed by atoms with Gasteiger partial charge in [-0.05, 0) is 30.9 Å². The van der Waals surface area contributed by atoms with Crippen LogP contribution in [0, 0.1) is 17.6 Å². The molecule has 2 rings (SSSR count). The number of halogens is 2. The SMILES string of the molecule is NC(C1CC1)C(CO)Oc1ccc(F)cc1F. The zero-order valence-electron chi connectivity index (χ0n) is 9.27. The summed E-state index contributed by atoms with van der Waals surface area (Å²) in [5.74, 6) is -1.20. The highest BCUT2D eigenvalue weighted by molar-refractivity contribution is 5.25. The Balaban J connectivity index is 2.06. The van der Waals surface area contributed by atoms with Crippen molar-refractivity contribution in [2.45, 2.75) is 25.0 Å². The van der Waals surface area contributed by atoms with E-state index in [2.05, 4.69) is 0 Å². The summed E-state index contributed by atoms with van der Waals surface area (Å²) in [6.45, 7) is -0.283. The zero-order valence-corrected chi connectivity index (χ0v) is 9.27. The van der Waals surface area contributed by atoms with Gasteiger partial charge >= 0.3 is 0 Å². The van der Waals surface area contributed by atoms with Crippen molar-refractivity contribution in [3.05, 3.63) is 29.8 Å². The van der Waals surface area contributed by atoms with E-state index < -0.39 is 17.7 Å². The fraction of sp³-hybridized carbons (Fsp3) is 0.500. The lowest BCUT2D eigenvalue weighted by Crippen LogP contribution is -2.43. The molecule has 0 saturated heterocycles. The number of rotatable bonds is 5. The van der Waals surface area contributed by atoms with Crippen molar-refractivity contribution in [1.29, 1.82) is 0 Å². The number of hydrogen-bond donors (Lipinski definition) is 2. The van der Waals surface area contributed by atoms with Gasteiger partial charge in [-0.25, -0.2) is 8.78 Å². The highest BCUT2D eigenvalue weighted by Crippen LogP contribution is 2.34. The third-order valence-electron chi connectivity index (χ3n) is 2.95. The Morgan fingerprint density at radius 2 is 2.12 bits per heavy atom. The van der Waals surface area contributed by atoms with Crippen LogP contribution in [0.4, 0.5) is 8.78 Å². The minimum Gasteiger partial charge on any atom is -0.483 e. The summed E-state index contributed by atoms with van der Waals surface area (Å²) < 4.78 is 31.3. The van der Waals surface area contributed by atoms with Gasteiger partial charge in [-0.3, -0.25) is 0 Å². The van der Waals surface area contributed by atoms with E-state index in [1.807, 2.05) is 0 Å². The third-order valence-corrected chi connectivity index (χ3v) is 2.95. The van der Waals surface area contributed by atoms with Crippen molar-refractivity contribution < 1.29 is 18.6 Å². The van der Waals surface area contributed by atoms with Crippen LogP contribution in [0.15, 0.2) is 18.2 Å². The van der Waals surface area contributed by atoms with Crippen LogP contribution in [-0.4, -0.2) is 23.9 Å². The molecule has 1 aromatic carbocycles. The van der Waals surface area contributed by atoms with Crippen molar-refractivity contribution in [3.63, 3.8) is 0 Å². The number of benzene rings is 1. The number of nitrogens with two attached hydrogens (primary N) is 1. The maximum absolute atomic E-state index is 13.3. The van der Waals surface area contributed by atoms with Crippen LogP contribution in [0.25, 0.3) is 0 Å². The fourth-order valence-corrected chi connectivity index (χ4v) is 1.76. The molecule has 5 heteroatoms. The molecule has 3 nitrogen and oxygen atoms in total. The Hall–Kier alpha value is -1.20. The molecule has 1 aliphatic carbocycles. The van der Waals surface area contributed by atoms with Gasteiger partial charge in [0.15, 0.2) is 11.6 Å². The van der Waals surface area contributed by atoms with E-state index in [1.54, 1.807) is 0 Å². The summed E-state index contributed by atoms with van der Waals surface area (Å²) in [6.07, 6.45) is 1.36. The summed E-state index contributed by atoms with van der Waals surface area (Å²) in [6, 6.07) is 2.74. The Kier molecular flexibility index (Phi) is 3.59. The number of aliphatic hydroxyl groups excluding tert-OH is 1. The molecule has 17 heavy (non-hydrogen) atoms. The maximum atomic E-state index is 13.3. The Bertz CT molecular complexity index is 396. The summed E-state index contributed by atoms with van der Waals surface area (Å²) in [7, 11) is 0. The molecule has 1 aromatic rings. The van der Waals surface area contributed by atoms with Crippen molar-refractivity contribution in [1.82, 2.24) is 0 Å². The Morgan fingerprint density at radius 1 is 1.41 bits per heavy atom. The van der Waals surface area contributed by atoms with Gasteiger partial charge in [-0.2, -0.15) is 0 Å². The fourth-order valence-electron chi connectivity index (χ4n) is 1.76. The average Bonchev–Trinajstić information content (AvgIpc) is 3.11. The molecule has 0 aromatic heterocycles. The molecule has 0 spiro atoms. The van der Waals surface area contributed by atoms with E-state index in [9.17, 15) is 13.9 Å². The zero-order chi connectivity index (χ0) is 12.4. The molecule has 0 radical (unpaired) electrons. The largest absolute Gasteiger partial charge is 0.483 e. The lowest BCUT2D eigenvalue weighted by Gasteiger charge is -2.23. The average molecular weight is 243 g/mol. The third kappa shape index (κ3) is 2.92. The highest BCUT2D eigenvalue weighted by Gasteiger charge is 2.35. The minimum atomic E-state index is -0.786. The van der Waals surface area contributed by atoms with Gasteiger partial charge in [0.1, 0.15) is 11.9 Å². The molecule has 0 amide bonds. The molecular weight excluding hydrogens is 228 g/mol. The molecule has 0 heterocycles. The molecule has 1 fully saturated rings. The van der Waals surface area contributed by atoms with Gasteiger partial charge in [-0.15, -0.1) is 0 Å². The lowest BCUT2D eigenvalue weighted by molar-refractivity contribution is 0.0846. The normalized spacial score (nSPS) is 18.8. The van der Waals surface area contributed by atoms with Crippen molar-refractivity contribution in [2.75, 3.05) is 6.61 Å². The number of aliphatic hydroxyl groups is 1. The number of hydrogen-bond acceptors (Lipinski definition) is 3. The van der Waals surface area contributed by atoms with Crippen LogP contribution in [-0.2, 0) is 0 Å². The van der Waals surface area contributed by atoms with E-state index in [0.717, 1.165) is 25.0 Å². The van der Waals surface area contributed by atoms with E-state index in [-0.39, 0.29) is 18.4 Å². The second kappa shape index (κ2) is 4.98. The summed E-state index contributed by atoms with van der Waals surface area (Å²) in [4.78, 5) is 0. The molecule has 1 saturated carbocycles. The van der Waals surface area contributed by atoms with Gasteiger partial charge in [0, 0.05) is 12.1 Å². The van der Waals surface area contributed by atoms with Crippen molar-refractivity contribution >= 4 is 0 Å². The summed E-state index contributed by atoms with van der Waals surface area (Å²) in [5, 5.41) is 9.18. The van der Waals surface area contributed by atoms with Gasteiger partial charge in [0.05, 0.1) is 6.61 Å². The first-order valence-corrected chi connectivity index (χ1v) is 5.60. The quantitative estimate of drug-likeness (QED) is 0.822. The van der Waals surface area contributed by atoms with E-state index in [1.165, 1.54) is 6.07 Å². The van der Waals surface area contributed by atoms with Crippen molar-refractivity contribution in [2.24, 2.45) is 11.7 Å². The van der Waals surface area contributed by atoms with Crippen LogP contribution < -0.4 is 10.5 Å². The molecular formula is C12H15F2NO2. The van der Waals surface area contributed by atoms with Gasteiger partial charge in [0.2, 0.25) is 0 Å². The summed E-state index contributed by atoms with van der Waals surface area (Å²) >= 11 is 0. The van der Waals surface area contributed by atoms with Crippen LogP contribution in [0.3, 0.4) is 0 Å². The van der Waals surface area contributed by atoms with Gasteiger partial charge in [-0.1, -0.05) is 0 Å². The smallest absolute Gasteiger partial charge is 0.167 e. The molecule has 2 atom stereocenters. The second-order valence-electron chi connectivity index (χ2n) is 4.33. The Labute approximate surface area is 98.2 Å². The topological polar surface area (TPSA) is 55.5 Å². The van der Waals surface area contributed by atoms with Crippen LogP contribution in [0.2, 0.25) is 0 Å². The summed E-state index contributed by atoms with van der Waals surface area (Å²) in [5.41, 5.74) is 5.88. The van der Waals surface area contributed by atoms with Gasteiger partial charge in [0.25, 0.3) is 0 Å². The predicted octanol–water partition coefficient (Wildman–Crippen LogP) is 1.44. The molecule has 3 N–H and O–H groups in total. The standard InChI is InChI=1S/C12H15F2NO2/c13-8-3-4-10(9(14)5-8)17-11(6-16)12(15)7-1-2-7/h3-5,7,11-12,16H,1-2,6,15H2. The monoisotopic (exact) mass is 243 g/mol. The molecule has 0 aliphatic heterocycles. The first-order chi connectivity index (χ1) is 8.11. The van der Waals surface area contributed by atoms with E-state index >= 15 is 0 Å². The van der Waals surface area contributed by atoms with Crippen LogP contribution >= 0.6 is 0 Å². The molecule has 0 bridgehead atoms. The van der Waals surface area contributed by atoms with Gasteiger partial charge < -0.3 is 15.6 Å². The lowest BCUT2D eigenvalue weighted by atomic mass is 10.1. The maximum Gasteiger partial charge on any atom is 0.167 e. The van der Waals surface area contributed by atoms with E-state index in [4.69, 9.17) is 10.5 Å². The predicted molar refractivity (Wildman–Crippen MR) is 58.6 cm³/mol.